The molecule has 26 heavy (non-hydrogen) atoms. The van der Waals surface area contributed by atoms with Crippen molar-refractivity contribution in [1.82, 2.24) is 0 Å². The summed E-state index contributed by atoms with van der Waals surface area (Å²) >= 11 is 0. The van der Waals surface area contributed by atoms with Crippen molar-refractivity contribution < 1.29 is 24.9 Å². The summed E-state index contributed by atoms with van der Waals surface area (Å²) in [6, 6.07) is 0. The molecule has 3 N–H and O–H groups in total. The van der Waals surface area contributed by atoms with Crippen LogP contribution in [-0.4, -0.2) is 32.5 Å². The van der Waals surface area contributed by atoms with Gasteiger partial charge in [-0.15, -0.1) is 0 Å². The summed E-state index contributed by atoms with van der Waals surface area (Å²) in [5.74, 6) is -0.403. The molecule has 0 saturated heterocycles. The number of aliphatic hydroxyl groups excluding tert-OH is 2. The molecule has 0 bridgehead atoms. The van der Waals surface area contributed by atoms with Crippen molar-refractivity contribution in [3.63, 3.8) is 0 Å². The van der Waals surface area contributed by atoms with Crippen LogP contribution in [0.15, 0.2) is 35.8 Å². The second kappa shape index (κ2) is 5.32. The van der Waals surface area contributed by atoms with E-state index in [1.54, 1.807) is 12.2 Å². The van der Waals surface area contributed by atoms with E-state index in [9.17, 15) is 24.9 Å². The van der Waals surface area contributed by atoms with E-state index in [4.69, 9.17) is 0 Å². The second-order valence-corrected chi connectivity index (χ2v) is 8.95. The van der Waals surface area contributed by atoms with Crippen molar-refractivity contribution >= 4 is 11.6 Å². The summed E-state index contributed by atoms with van der Waals surface area (Å²) in [6.45, 7) is 3.91. The van der Waals surface area contributed by atoms with Gasteiger partial charge in [-0.1, -0.05) is 25.5 Å². The van der Waals surface area contributed by atoms with Gasteiger partial charge >= 0.3 is 0 Å². The highest BCUT2D eigenvalue weighted by Gasteiger charge is 2.67. The maximum atomic E-state index is 13.3. The molecular weight excluding hydrogens is 332 g/mol. The van der Waals surface area contributed by atoms with Crippen molar-refractivity contribution in [2.75, 3.05) is 0 Å². The minimum Gasteiger partial charge on any atom is -0.512 e. The zero-order valence-corrected chi connectivity index (χ0v) is 15.2. The Morgan fingerprint density at radius 3 is 2.69 bits per heavy atom. The third kappa shape index (κ3) is 1.95. The highest BCUT2D eigenvalue weighted by molar-refractivity contribution is 6.01. The van der Waals surface area contributed by atoms with Crippen LogP contribution in [0.5, 0.6) is 0 Å². The Hall–Kier alpha value is -1.88. The standard InChI is InChI=1S/C21H26O5/c1-19-7-5-13(23)9-12(19)3-4-14-15-6-8-21(26,17(25)11-22)20(15,2)10-16(24)18(14)19/h5,7,9,11,14-15,18,22,25-26H,3-4,6,8,10H2,1-2H3. The van der Waals surface area contributed by atoms with E-state index in [2.05, 4.69) is 0 Å². The molecule has 4 aliphatic rings. The van der Waals surface area contributed by atoms with Crippen LogP contribution in [0.1, 0.15) is 46.0 Å². The lowest BCUT2D eigenvalue weighted by atomic mass is 9.47. The summed E-state index contributed by atoms with van der Waals surface area (Å²) < 4.78 is 0. The van der Waals surface area contributed by atoms with E-state index in [1.807, 2.05) is 19.9 Å². The SMILES string of the molecule is CC12C=CC(=O)C=C1CCC1C2C(=O)CC2(C)C1CCC2(O)C(O)=CO. The van der Waals surface area contributed by atoms with Crippen molar-refractivity contribution in [2.45, 2.75) is 51.6 Å². The molecule has 4 rings (SSSR count). The third-order valence-corrected chi connectivity index (χ3v) is 7.95. The van der Waals surface area contributed by atoms with Gasteiger partial charge < -0.3 is 15.3 Å². The topological polar surface area (TPSA) is 94.8 Å². The van der Waals surface area contributed by atoms with E-state index in [0.29, 0.717) is 19.1 Å². The van der Waals surface area contributed by atoms with E-state index in [1.165, 1.54) is 0 Å². The zero-order valence-electron chi connectivity index (χ0n) is 15.2. The molecule has 6 atom stereocenters. The van der Waals surface area contributed by atoms with E-state index in [-0.39, 0.29) is 35.7 Å². The van der Waals surface area contributed by atoms with Crippen LogP contribution in [0.2, 0.25) is 0 Å². The highest BCUT2D eigenvalue weighted by atomic mass is 16.3. The van der Waals surface area contributed by atoms with Gasteiger partial charge in [0.1, 0.15) is 17.6 Å². The van der Waals surface area contributed by atoms with Crippen molar-refractivity contribution in [3.05, 3.63) is 35.8 Å². The first-order valence-corrected chi connectivity index (χ1v) is 9.40. The Labute approximate surface area is 153 Å². The lowest BCUT2D eigenvalue weighted by molar-refractivity contribution is -0.155. The molecule has 140 valence electrons. The number of fused-ring (bicyclic) bond motifs is 5. The Bertz CT molecular complexity index is 777. The van der Waals surface area contributed by atoms with Crippen molar-refractivity contribution in [1.29, 1.82) is 0 Å². The van der Waals surface area contributed by atoms with Gasteiger partial charge in [0, 0.05) is 23.2 Å². The van der Waals surface area contributed by atoms with Crippen molar-refractivity contribution in [3.8, 4) is 0 Å². The van der Waals surface area contributed by atoms with Gasteiger partial charge in [-0.3, -0.25) is 9.59 Å². The first-order valence-electron chi connectivity index (χ1n) is 9.40. The number of hydrogen-bond donors (Lipinski definition) is 3. The molecule has 0 aliphatic heterocycles. The van der Waals surface area contributed by atoms with Crippen LogP contribution in [-0.2, 0) is 9.59 Å². The molecule has 0 amide bonds. The maximum absolute atomic E-state index is 13.3. The van der Waals surface area contributed by atoms with Gasteiger partial charge in [-0.25, -0.2) is 0 Å². The average molecular weight is 358 g/mol. The predicted molar refractivity (Wildman–Crippen MR) is 95.3 cm³/mol. The molecule has 5 nitrogen and oxygen atoms in total. The molecule has 0 aromatic heterocycles. The summed E-state index contributed by atoms with van der Waals surface area (Å²) in [6.07, 6.45) is 8.49. The quantitative estimate of drug-likeness (QED) is 0.626. The molecule has 3 saturated carbocycles. The molecule has 5 heteroatoms. The summed E-state index contributed by atoms with van der Waals surface area (Å²) in [5.41, 5.74) is -1.76. The number of carbonyl (C=O) groups is 2. The zero-order chi connectivity index (χ0) is 18.9. The van der Waals surface area contributed by atoms with Gasteiger partial charge in [0.2, 0.25) is 0 Å². The minimum atomic E-state index is -1.57. The third-order valence-electron chi connectivity index (χ3n) is 7.95. The molecule has 4 aliphatic carbocycles. The van der Waals surface area contributed by atoms with Crippen LogP contribution in [0.3, 0.4) is 0 Å². The number of hydrogen-bond acceptors (Lipinski definition) is 5. The van der Waals surface area contributed by atoms with Crippen LogP contribution in [0.25, 0.3) is 0 Å². The monoisotopic (exact) mass is 358 g/mol. The van der Waals surface area contributed by atoms with Gasteiger partial charge in [-0.2, -0.15) is 0 Å². The van der Waals surface area contributed by atoms with E-state index < -0.39 is 22.2 Å². The number of allylic oxidation sites excluding steroid dienone is 4. The summed E-state index contributed by atoms with van der Waals surface area (Å²) in [7, 11) is 0. The first kappa shape index (κ1) is 17.5. The van der Waals surface area contributed by atoms with Crippen LogP contribution in [0, 0.1) is 28.6 Å². The number of carbonyl (C=O) groups excluding carboxylic acids is 2. The van der Waals surface area contributed by atoms with Crippen LogP contribution < -0.4 is 0 Å². The molecule has 0 spiro atoms. The van der Waals surface area contributed by atoms with Gasteiger partial charge in [0.25, 0.3) is 0 Å². The molecule has 0 radical (unpaired) electrons. The lowest BCUT2D eigenvalue weighted by Gasteiger charge is -2.56. The fourth-order valence-electron chi connectivity index (χ4n) is 6.56. The molecular formula is C21H26O5. The van der Waals surface area contributed by atoms with Gasteiger partial charge in [0.15, 0.2) is 11.5 Å². The van der Waals surface area contributed by atoms with Crippen molar-refractivity contribution in [2.24, 2.45) is 28.6 Å². The molecule has 6 unspecified atom stereocenters. The Kier molecular flexibility index (Phi) is 3.59. The number of ketones is 2. The van der Waals surface area contributed by atoms with Gasteiger partial charge in [0.05, 0.1) is 0 Å². The Balaban J connectivity index is 1.77. The number of rotatable bonds is 1. The van der Waals surface area contributed by atoms with E-state index in [0.717, 1.165) is 18.4 Å². The normalized spacial score (nSPS) is 47.9. The van der Waals surface area contributed by atoms with Crippen LogP contribution in [0.4, 0.5) is 0 Å². The van der Waals surface area contributed by atoms with Crippen LogP contribution >= 0.6 is 0 Å². The van der Waals surface area contributed by atoms with E-state index >= 15 is 0 Å². The fourth-order valence-corrected chi connectivity index (χ4v) is 6.56. The Morgan fingerprint density at radius 1 is 1.27 bits per heavy atom. The maximum Gasteiger partial charge on any atom is 0.178 e. The molecule has 0 aromatic carbocycles. The lowest BCUT2D eigenvalue weighted by Crippen LogP contribution is -2.58. The minimum absolute atomic E-state index is 0.0164. The first-order chi connectivity index (χ1) is 12.2. The summed E-state index contributed by atoms with van der Waals surface area (Å²) in [5, 5.41) is 30.6. The van der Waals surface area contributed by atoms with Gasteiger partial charge in [-0.05, 0) is 49.7 Å². The largest absolute Gasteiger partial charge is 0.512 e. The highest BCUT2D eigenvalue weighted by Crippen LogP contribution is 2.66. The number of Topliss-reactive ketones (excluding diaryl/α,β-unsaturated/α-hetero) is 1. The Morgan fingerprint density at radius 2 is 2.00 bits per heavy atom. The predicted octanol–water partition coefficient (Wildman–Crippen LogP) is 3.16. The second-order valence-electron chi connectivity index (χ2n) is 8.95. The molecule has 3 fully saturated rings. The fraction of sp³-hybridized carbons (Fsp3) is 0.619. The summed E-state index contributed by atoms with van der Waals surface area (Å²) in [4.78, 5) is 25.1. The number of aliphatic hydroxyl groups is 3. The smallest absolute Gasteiger partial charge is 0.178 e. The molecule has 0 heterocycles. The average Bonchev–Trinajstić information content (AvgIpc) is 2.86. The molecule has 0 aromatic rings.